The molecule has 8 heteroatoms. The van der Waals surface area contributed by atoms with Crippen molar-refractivity contribution in [2.75, 3.05) is 0 Å². The molecule has 0 aliphatic heterocycles. The van der Waals surface area contributed by atoms with Crippen molar-refractivity contribution in [3.63, 3.8) is 0 Å². The Balaban J connectivity index is -0.0000000160. The predicted octanol–water partition coefficient (Wildman–Crippen LogP) is -1.06. The summed E-state index contributed by atoms with van der Waals surface area (Å²) in [5, 5.41) is 18.0. The molecule has 0 rings (SSSR count). The molecule has 0 spiro atoms. The standard InChI is InChI=1S/BH3.Ca.2HNO2/c;;2*2-1-3/h1H3;;2*(H,2,3)/q;+2;;/p-2. The predicted molar refractivity (Wildman–Crippen MR) is 34.0 cm³/mol. The van der Waals surface area contributed by atoms with Crippen LogP contribution >= 0.6 is 0 Å². The van der Waals surface area contributed by atoms with Crippen LogP contribution in [0.4, 0.5) is 0 Å². The fourth-order valence-corrected chi connectivity index (χ4v) is 0. The van der Waals surface area contributed by atoms with Gasteiger partial charge in [-0.3, -0.25) is 0 Å². The SMILES string of the molecule is B.O=N[O-].O=N[O-].[Ca+2]. The Kier molecular flexibility index (Phi) is 179. The fraction of sp³-hybridized carbons (Fsp3) is 0. The van der Waals surface area contributed by atoms with Crippen molar-refractivity contribution in [1.29, 1.82) is 0 Å². The van der Waals surface area contributed by atoms with Crippen LogP contribution in [-0.4, -0.2) is 46.2 Å². The Morgan fingerprint density at radius 3 is 1.00 bits per heavy atom. The third-order valence-corrected chi connectivity index (χ3v) is 0. The molecule has 0 aliphatic rings. The zero-order valence-electron chi connectivity index (χ0n) is 3.23. The van der Waals surface area contributed by atoms with E-state index >= 15 is 0 Å². The second kappa shape index (κ2) is 59.2. The maximum atomic E-state index is 8.00. The molecule has 0 heterocycles. The maximum absolute atomic E-state index is 8.00. The summed E-state index contributed by atoms with van der Waals surface area (Å²) in [7, 11) is 0. The van der Waals surface area contributed by atoms with Gasteiger partial charge in [-0.05, 0) is 0 Å². The number of hydrogen-bond donors (Lipinski definition) is 0. The first-order valence-electron chi connectivity index (χ1n) is 0.730. The van der Waals surface area contributed by atoms with Gasteiger partial charge in [0.15, 0.2) is 0 Å². The van der Waals surface area contributed by atoms with Gasteiger partial charge in [0, 0.05) is 0 Å². The minimum Gasteiger partial charge on any atom is -0.444 e. The van der Waals surface area contributed by atoms with Crippen molar-refractivity contribution in [3.8, 4) is 0 Å². The van der Waals surface area contributed by atoms with Crippen molar-refractivity contribution in [2.24, 2.45) is 10.7 Å². The minimum atomic E-state index is 0. The van der Waals surface area contributed by atoms with E-state index in [1.807, 2.05) is 0 Å². The molecule has 42 valence electrons. The smallest absolute Gasteiger partial charge is 0.444 e. The number of nitrogens with zero attached hydrogens (tertiary/aromatic N) is 2. The molecule has 0 bridgehead atoms. The summed E-state index contributed by atoms with van der Waals surface area (Å²) in [6.45, 7) is 0. The molecule has 0 aromatic heterocycles. The van der Waals surface area contributed by atoms with Crippen molar-refractivity contribution >= 4 is 46.2 Å². The summed E-state index contributed by atoms with van der Waals surface area (Å²) in [5.41, 5.74) is 0. The molecular formula is H3BCaN2O4. The van der Waals surface area contributed by atoms with Crippen LogP contribution in [0, 0.1) is 20.2 Å². The van der Waals surface area contributed by atoms with Gasteiger partial charge in [-0.2, -0.15) is 0 Å². The maximum Gasteiger partial charge on any atom is 2.00 e. The molecule has 0 saturated carbocycles. The van der Waals surface area contributed by atoms with Crippen molar-refractivity contribution in [3.05, 3.63) is 20.2 Å². The first kappa shape index (κ1) is 24.2. The molecule has 0 aromatic rings. The molecule has 0 amide bonds. The summed E-state index contributed by atoms with van der Waals surface area (Å²) < 4.78 is 0. The molecule has 0 aromatic carbocycles. The Morgan fingerprint density at radius 2 is 1.00 bits per heavy atom. The van der Waals surface area contributed by atoms with Gasteiger partial charge in [-0.15, -0.1) is 10.7 Å². The largest absolute Gasteiger partial charge is 2.00 e. The molecule has 8 heavy (non-hydrogen) atoms. The van der Waals surface area contributed by atoms with Crippen LogP contribution in [0.15, 0.2) is 10.7 Å². The normalized spacial score (nSPS) is 3.00. The molecule has 0 atom stereocenters. The van der Waals surface area contributed by atoms with Gasteiger partial charge < -0.3 is 20.2 Å². The third-order valence-electron chi connectivity index (χ3n) is 0. The van der Waals surface area contributed by atoms with Gasteiger partial charge in [-0.25, -0.2) is 0 Å². The summed E-state index contributed by atoms with van der Waals surface area (Å²) in [6.07, 6.45) is 0. The van der Waals surface area contributed by atoms with E-state index in [1.54, 1.807) is 0 Å². The molecule has 0 unspecified atom stereocenters. The first-order chi connectivity index (χ1) is 2.83. The van der Waals surface area contributed by atoms with Crippen LogP contribution in [0.2, 0.25) is 0 Å². The van der Waals surface area contributed by atoms with Crippen LogP contribution < -0.4 is 0 Å². The molecule has 0 fully saturated rings. The fourth-order valence-electron chi connectivity index (χ4n) is 0. The minimum absolute atomic E-state index is 0. The molecular weight excluding hydrogens is 143 g/mol. The van der Waals surface area contributed by atoms with Gasteiger partial charge in [0.1, 0.15) is 0 Å². The monoisotopic (exact) mass is 146 g/mol. The Labute approximate surface area is 76.7 Å². The summed E-state index contributed by atoms with van der Waals surface area (Å²) in [6, 6.07) is 0. The van der Waals surface area contributed by atoms with Gasteiger partial charge in [-0.1, -0.05) is 0 Å². The quantitative estimate of drug-likeness (QED) is 0.246. The van der Waals surface area contributed by atoms with E-state index in [1.165, 1.54) is 0 Å². The molecule has 0 radical (unpaired) electrons. The van der Waals surface area contributed by atoms with E-state index in [2.05, 4.69) is 0 Å². The van der Waals surface area contributed by atoms with Crippen molar-refractivity contribution < 1.29 is 0 Å². The molecule has 0 saturated heterocycles. The van der Waals surface area contributed by atoms with Crippen LogP contribution in [0.1, 0.15) is 0 Å². The third kappa shape index (κ3) is 10300. The van der Waals surface area contributed by atoms with E-state index in [-0.39, 0.29) is 46.2 Å². The zero-order chi connectivity index (χ0) is 5.41. The Hall–Kier alpha value is 0.125. The Bertz CT molecular complexity index is 35.0. The Morgan fingerprint density at radius 1 is 1.00 bits per heavy atom. The summed E-state index contributed by atoms with van der Waals surface area (Å²) in [5.74, 6) is 0. The first-order valence-corrected chi connectivity index (χ1v) is 0.730. The molecule has 0 aliphatic carbocycles. The average molecular weight is 146 g/mol. The van der Waals surface area contributed by atoms with Gasteiger partial charge >= 0.3 is 37.7 Å². The second-order valence-electron chi connectivity index (χ2n) is 0.149. The summed E-state index contributed by atoms with van der Waals surface area (Å²) in [4.78, 5) is 16.0. The second-order valence-corrected chi connectivity index (χ2v) is 0.149. The number of hydrogen-bond acceptors (Lipinski definition) is 6. The zero-order valence-corrected chi connectivity index (χ0v) is 5.44. The van der Waals surface area contributed by atoms with Gasteiger partial charge in [0.25, 0.3) is 0 Å². The van der Waals surface area contributed by atoms with Crippen LogP contribution in [-0.2, 0) is 0 Å². The molecule has 6 nitrogen and oxygen atoms in total. The van der Waals surface area contributed by atoms with Crippen LogP contribution in [0.25, 0.3) is 0 Å². The summed E-state index contributed by atoms with van der Waals surface area (Å²) >= 11 is 0. The van der Waals surface area contributed by atoms with E-state index in [9.17, 15) is 0 Å². The van der Waals surface area contributed by atoms with Crippen molar-refractivity contribution in [2.45, 2.75) is 0 Å². The van der Waals surface area contributed by atoms with Gasteiger partial charge in [0.2, 0.25) is 0 Å². The topological polar surface area (TPSA) is 105 Å². The van der Waals surface area contributed by atoms with E-state index < -0.39 is 0 Å². The molecule has 0 N–H and O–H groups in total. The van der Waals surface area contributed by atoms with Crippen molar-refractivity contribution in [1.82, 2.24) is 0 Å². The van der Waals surface area contributed by atoms with Crippen LogP contribution in [0.5, 0.6) is 0 Å². The van der Waals surface area contributed by atoms with E-state index in [0.29, 0.717) is 0 Å². The van der Waals surface area contributed by atoms with Gasteiger partial charge in [0.05, 0.1) is 8.41 Å². The van der Waals surface area contributed by atoms with Crippen LogP contribution in [0.3, 0.4) is 0 Å². The average Bonchev–Trinajstić information content (AvgIpc) is 1.39. The van der Waals surface area contributed by atoms with E-state index in [0.717, 1.165) is 10.7 Å². The number of rotatable bonds is 0. The van der Waals surface area contributed by atoms with E-state index in [4.69, 9.17) is 20.2 Å².